The van der Waals surface area contributed by atoms with Gasteiger partial charge in [-0.15, -0.1) is 0 Å². The van der Waals surface area contributed by atoms with Crippen molar-refractivity contribution in [3.8, 4) is 0 Å². The summed E-state index contributed by atoms with van der Waals surface area (Å²) in [5.74, 6) is 0.512. The van der Waals surface area contributed by atoms with Crippen molar-refractivity contribution in [1.82, 2.24) is 10.2 Å². The number of para-hydroxylation sites is 1. The van der Waals surface area contributed by atoms with Crippen LogP contribution in [0.1, 0.15) is 46.5 Å². The summed E-state index contributed by atoms with van der Waals surface area (Å²) in [5, 5.41) is 3.32. The predicted molar refractivity (Wildman–Crippen MR) is 108 cm³/mol. The third-order valence-corrected chi connectivity index (χ3v) is 6.16. The number of hydrogen-bond acceptors (Lipinski definition) is 3. The predicted octanol–water partition coefficient (Wildman–Crippen LogP) is 3.67. The number of rotatable bonds is 4. The number of carbonyl (C=O) groups is 1. The van der Waals surface area contributed by atoms with Crippen LogP contribution in [0.3, 0.4) is 0 Å². The molecule has 2 unspecified atom stereocenters. The summed E-state index contributed by atoms with van der Waals surface area (Å²) in [6.07, 6.45) is 4.77. The molecule has 150 valence electrons. The molecule has 1 aromatic rings. The van der Waals surface area contributed by atoms with Crippen LogP contribution in [-0.2, 0) is 4.79 Å². The van der Waals surface area contributed by atoms with Gasteiger partial charge < -0.3 is 10.2 Å². The lowest BCUT2D eigenvalue weighted by Crippen LogP contribution is -2.53. The number of anilines is 1. The third kappa shape index (κ3) is 5.22. The van der Waals surface area contributed by atoms with Crippen LogP contribution in [0.15, 0.2) is 24.3 Å². The van der Waals surface area contributed by atoms with Gasteiger partial charge in [0.15, 0.2) is 0 Å². The second-order valence-electron chi connectivity index (χ2n) is 9.15. The lowest BCUT2D eigenvalue weighted by atomic mass is 9.69. The molecule has 1 N–H and O–H groups in total. The molecule has 0 aromatic heterocycles. The van der Waals surface area contributed by atoms with E-state index in [1.165, 1.54) is 25.3 Å². The maximum absolute atomic E-state index is 14.0. The summed E-state index contributed by atoms with van der Waals surface area (Å²) in [4.78, 5) is 16.9. The van der Waals surface area contributed by atoms with Crippen molar-refractivity contribution in [2.45, 2.75) is 52.5 Å². The van der Waals surface area contributed by atoms with Crippen molar-refractivity contribution >= 4 is 11.6 Å². The number of carbonyl (C=O) groups excluding carboxylic acids is 1. The fourth-order valence-corrected chi connectivity index (χ4v) is 4.65. The molecule has 2 aliphatic rings. The van der Waals surface area contributed by atoms with E-state index in [1.807, 2.05) is 12.1 Å². The van der Waals surface area contributed by atoms with Crippen molar-refractivity contribution in [3.63, 3.8) is 0 Å². The van der Waals surface area contributed by atoms with Crippen molar-refractivity contribution in [3.05, 3.63) is 30.1 Å². The smallest absolute Gasteiger partial charge is 0.234 e. The van der Waals surface area contributed by atoms with Crippen LogP contribution >= 0.6 is 0 Å². The van der Waals surface area contributed by atoms with E-state index in [2.05, 4.69) is 35.9 Å². The highest BCUT2D eigenvalue weighted by atomic mass is 19.1. The summed E-state index contributed by atoms with van der Waals surface area (Å²) in [7, 11) is 0. The first kappa shape index (κ1) is 20.1. The van der Waals surface area contributed by atoms with Crippen LogP contribution in [0.5, 0.6) is 0 Å². The highest BCUT2D eigenvalue weighted by Gasteiger charge is 2.35. The van der Waals surface area contributed by atoms with Crippen molar-refractivity contribution < 1.29 is 9.18 Å². The zero-order valence-electron chi connectivity index (χ0n) is 17.0. The van der Waals surface area contributed by atoms with E-state index < -0.39 is 0 Å². The second-order valence-corrected chi connectivity index (χ2v) is 9.15. The van der Waals surface area contributed by atoms with E-state index in [4.69, 9.17) is 0 Å². The van der Waals surface area contributed by atoms with Gasteiger partial charge in [-0.1, -0.05) is 45.7 Å². The number of benzene rings is 1. The van der Waals surface area contributed by atoms with E-state index in [1.54, 1.807) is 6.07 Å². The number of amides is 1. The highest BCUT2D eigenvalue weighted by Crippen LogP contribution is 2.38. The Kier molecular flexibility index (Phi) is 6.40. The van der Waals surface area contributed by atoms with E-state index in [-0.39, 0.29) is 17.1 Å². The minimum atomic E-state index is -0.172. The Balaban J connectivity index is 1.49. The van der Waals surface area contributed by atoms with E-state index >= 15 is 0 Å². The molecule has 2 fully saturated rings. The van der Waals surface area contributed by atoms with Gasteiger partial charge in [-0.2, -0.15) is 0 Å². The fourth-order valence-electron chi connectivity index (χ4n) is 4.65. The Bertz CT molecular complexity index is 635. The minimum Gasteiger partial charge on any atom is -0.367 e. The molecule has 0 spiro atoms. The molecule has 2 atom stereocenters. The SMILES string of the molecule is CC(C)(C)C1CCCCC1NC(=O)CN1CCN(c2ccccc2F)CC1. The van der Waals surface area contributed by atoms with Gasteiger partial charge in [0.1, 0.15) is 5.82 Å². The summed E-state index contributed by atoms with van der Waals surface area (Å²) >= 11 is 0. The summed E-state index contributed by atoms with van der Waals surface area (Å²) in [6, 6.07) is 7.22. The van der Waals surface area contributed by atoms with Gasteiger partial charge in [-0.05, 0) is 36.3 Å². The third-order valence-electron chi connectivity index (χ3n) is 6.16. The van der Waals surface area contributed by atoms with Gasteiger partial charge in [-0.25, -0.2) is 4.39 Å². The largest absolute Gasteiger partial charge is 0.367 e. The quantitative estimate of drug-likeness (QED) is 0.872. The first-order chi connectivity index (χ1) is 12.8. The molecule has 0 bridgehead atoms. The molecule has 1 aliphatic carbocycles. The normalized spacial score (nSPS) is 24.7. The molecule has 5 heteroatoms. The Hall–Kier alpha value is -1.62. The molecule has 1 amide bonds. The van der Waals surface area contributed by atoms with Crippen LogP contribution in [0.4, 0.5) is 10.1 Å². The van der Waals surface area contributed by atoms with Crippen LogP contribution in [-0.4, -0.2) is 49.6 Å². The minimum absolute atomic E-state index is 0.135. The number of halogens is 1. The Morgan fingerprint density at radius 3 is 2.44 bits per heavy atom. The first-order valence-electron chi connectivity index (χ1n) is 10.4. The van der Waals surface area contributed by atoms with Crippen LogP contribution in [0, 0.1) is 17.2 Å². The molecule has 0 radical (unpaired) electrons. The maximum Gasteiger partial charge on any atom is 0.234 e. The van der Waals surface area contributed by atoms with Gasteiger partial charge in [-0.3, -0.25) is 9.69 Å². The molecular weight excluding hydrogens is 341 g/mol. The maximum atomic E-state index is 14.0. The van der Waals surface area contributed by atoms with Gasteiger partial charge >= 0.3 is 0 Å². The summed E-state index contributed by atoms with van der Waals surface area (Å²) in [5.41, 5.74) is 0.890. The van der Waals surface area contributed by atoms with Gasteiger partial charge in [0, 0.05) is 32.2 Å². The lowest BCUT2D eigenvalue weighted by Gasteiger charge is -2.41. The molecule has 1 saturated heterocycles. The van der Waals surface area contributed by atoms with E-state index in [0.29, 0.717) is 24.2 Å². The van der Waals surface area contributed by atoms with Crippen molar-refractivity contribution in [2.75, 3.05) is 37.6 Å². The van der Waals surface area contributed by atoms with E-state index in [9.17, 15) is 9.18 Å². The number of nitrogens with one attached hydrogen (secondary N) is 1. The van der Waals surface area contributed by atoms with Crippen molar-refractivity contribution in [2.24, 2.45) is 11.3 Å². The molecule has 1 saturated carbocycles. The Morgan fingerprint density at radius 2 is 1.78 bits per heavy atom. The Labute approximate surface area is 163 Å². The number of hydrogen-bond donors (Lipinski definition) is 1. The van der Waals surface area contributed by atoms with Crippen molar-refractivity contribution in [1.29, 1.82) is 0 Å². The first-order valence-corrected chi connectivity index (χ1v) is 10.4. The molecular formula is C22H34FN3O. The monoisotopic (exact) mass is 375 g/mol. The average molecular weight is 376 g/mol. The summed E-state index contributed by atoms with van der Waals surface area (Å²) in [6.45, 7) is 10.4. The van der Waals surface area contributed by atoms with Crippen LogP contribution in [0.2, 0.25) is 0 Å². The van der Waals surface area contributed by atoms with Crippen LogP contribution < -0.4 is 10.2 Å². The fraction of sp³-hybridized carbons (Fsp3) is 0.682. The molecule has 1 heterocycles. The van der Waals surface area contributed by atoms with E-state index in [0.717, 1.165) is 32.6 Å². The topological polar surface area (TPSA) is 35.6 Å². The zero-order chi connectivity index (χ0) is 19.4. The standard InChI is InChI=1S/C22H34FN3O/c1-22(2,3)17-8-4-6-10-19(17)24-21(27)16-25-12-14-26(15-13-25)20-11-7-5-9-18(20)23/h5,7,9,11,17,19H,4,6,8,10,12-16H2,1-3H3,(H,24,27). The van der Waals surface area contributed by atoms with Gasteiger partial charge in [0.05, 0.1) is 12.2 Å². The van der Waals surface area contributed by atoms with Crippen LogP contribution in [0.25, 0.3) is 0 Å². The number of nitrogens with zero attached hydrogens (tertiary/aromatic N) is 2. The number of piperazine rings is 1. The molecule has 27 heavy (non-hydrogen) atoms. The van der Waals surface area contributed by atoms with Gasteiger partial charge in [0.25, 0.3) is 0 Å². The highest BCUT2D eigenvalue weighted by molar-refractivity contribution is 5.78. The average Bonchev–Trinajstić information content (AvgIpc) is 2.62. The Morgan fingerprint density at radius 1 is 1.11 bits per heavy atom. The molecule has 4 nitrogen and oxygen atoms in total. The summed E-state index contributed by atoms with van der Waals surface area (Å²) < 4.78 is 14.0. The second kappa shape index (κ2) is 8.59. The molecule has 1 aromatic carbocycles. The lowest BCUT2D eigenvalue weighted by molar-refractivity contribution is -0.124. The van der Waals surface area contributed by atoms with Gasteiger partial charge in [0.2, 0.25) is 5.91 Å². The molecule has 3 rings (SSSR count). The molecule has 1 aliphatic heterocycles. The zero-order valence-corrected chi connectivity index (χ0v) is 17.0.